The topological polar surface area (TPSA) is 49.7 Å². The van der Waals surface area contributed by atoms with E-state index in [0.717, 1.165) is 5.56 Å². The van der Waals surface area contributed by atoms with Gasteiger partial charge in [-0.25, -0.2) is 0 Å². The summed E-state index contributed by atoms with van der Waals surface area (Å²) >= 11 is 0. The maximum absolute atomic E-state index is 9.14. The minimum atomic E-state index is -0.00989. The fraction of sp³-hybridized carbons (Fsp3) is 0.200. The lowest BCUT2D eigenvalue weighted by Gasteiger charge is -2.04. The van der Waals surface area contributed by atoms with Gasteiger partial charge in [0, 0.05) is 11.6 Å². The zero-order valence-electron chi connectivity index (χ0n) is 7.40. The molecule has 0 saturated heterocycles. The number of ether oxygens (including phenoxy) is 1. The SMILES string of the molecule is COc1cc(O)ccc1/C=C/CO. The molecular formula is C10H12O3. The molecule has 0 spiro atoms. The molecule has 0 unspecified atom stereocenters. The molecule has 13 heavy (non-hydrogen) atoms. The Kier molecular flexibility index (Phi) is 3.34. The highest BCUT2D eigenvalue weighted by Gasteiger charge is 1.99. The van der Waals surface area contributed by atoms with Crippen molar-refractivity contribution in [3.63, 3.8) is 0 Å². The van der Waals surface area contributed by atoms with Gasteiger partial charge in [0.05, 0.1) is 13.7 Å². The van der Waals surface area contributed by atoms with Crippen LogP contribution in [0.1, 0.15) is 5.56 Å². The van der Waals surface area contributed by atoms with Crippen LogP contribution in [0.4, 0.5) is 0 Å². The van der Waals surface area contributed by atoms with Crippen molar-refractivity contribution < 1.29 is 14.9 Å². The van der Waals surface area contributed by atoms with E-state index < -0.39 is 0 Å². The lowest BCUT2D eigenvalue weighted by Crippen LogP contribution is -1.86. The highest BCUT2D eigenvalue weighted by atomic mass is 16.5. The van der Waals surface area contributed by atoms with Crippen molar-refractivity contribution >= 4 is 6.08 Å². The van der Waals surface area contributed by atoms with Crippen molar-refractivity contribution in [2.75, 3.05) is 13.7 Å². The number of benzene rings is 1. The highest BCUT2D eigenvalue weighted by molar-refractivity contribution is 5.59. The van der Waals surface area contributed by atoms with E-state index in [1.54, 1.807) is 24.3 Å². The second-order valence-corrected chi connectivity index (χ2v) is 2.51. The van der Waals surface area contributed by atoms with Gasteiger partial charge in [-0.1, -0.05) is 12.2 Å². The molecule has 1 aromatic carbocycles. The summed E-state index contributed by atoms with van der Waals surface area (Å²) in [4.78, 5) is 0. The minimum Gasteiger partial charge on any atom is -0.508 e. The molecule has 0 aliphatic carbocycles. The number of phenolic OH excluding ortho intramolecular Hbond substituents is 1. The molecule has 1 rings (SSSR count). The van der Waals surface area contributed by atoms with Gasteiger partial charge in [-0.3, -0.25) is 0 Å². The fourth-order valence-corrected chi connectivity index (χ4v) is 1.02. The summed E-state index contributed by atoms with van der Waals surface area (Å²) < 4.78 is 5.03. The smallest absolute Gasteiger partial charge is 0.129 e. The average Bonchev–Trinajstić information content (AvgIpc) is 2.16. The lowest BCUT2D eigenvalue weighted by molar-refractivity contribution is 0.343. The highest BCUT2D eigenvalue weighted by Crippen LogP contribution is 2.24. The van der Waals surface area contributed by atoms with Crippen molar-refractivity contribution in [3.8, 4) is 11.5 Å². The predicted molar refractivity (Wildman–Crippen MR) is 50.8 cm³/mol. The summed E-state index contributed by atoms with van der Waals surface area (Å²) in [7, 11) is 1.53. The van der Waals surface area contributed by atoms with E-state index in [4.69, 9.17) is 14.9 Å². The molecule has 1 aromatic rings. The predicted octanol–water partition coefficient (Wildman–Crippen LogP) is 1.41. The van der Waals surface area contributed by atoms with Crippen molar-refractivity contribution in [1.82, 2.24) is 0 Å². The molecule has 0 atom stereocenters. The van der Waals surface area contributed by atoms with E-state index >= 15 is 0 Å². The summed E-state index contributed by atoms with van der Waals surface area (Å²) in [5.74, 6) is 0.752. The maximum Gasteiger partial charge on any atom is 0.129 e. The number of aliphatic hydroxyl groups is 1. The maximum atomic E-state index is 9.14. The van der Waals surface area contributed by atoms with Crippen molar-refractivity contribution in [2.24, 2.45) is 0 Å². The average molecular weight is 180 g/mol. The number of aromatic hydroxyl groups is 1. The van der Waals surface area contributed by atoms with Crippen LogP contribution in [0.5, 0.6) is 11.5 Å². The van der Waals surface area contributed by atoms with Gasteiger partial charge >= 0.3 is 0 Å². The van der Waals surface area contributed by atoms with Crippen LogP contribution < -0.4 is 4.74 Å². The van der Waals surface area contributed by atoms with Gasteiger partial charge in [-0.15, -0.1) is 0 Å². The number of rotatable bonds is 3. The van der Waals surface area contributed by atoms with Gasteiger partial charge in [-0.05, 0) is 12.1 Å². The molecule has 0 saturated carbocycles. The molecule has 0 fully saturated rings. The first-order valence-corrected chi connectivity index (χ1v) is 3.92. The van der Waals surface area contributed by atoms with Gasteiger partial charge in [0.25, 0.3) is 0 Å². The molecule has 0 radical (unpaired) electrons. The Morgan fingerprint density at radius 3 is 2.85 bits per heavy atom. The second-order valence-electron chi connectivity index (χ2n) is 2.51. The van der Waals surface area contributed by atoms with Crippen molar-refractivity contribution in [2.45, 2.75) is 0 Å². The van der Waals surface area contributed by atoms with E-state index in [9.17, 15) is 0 Å². The van der Waals surface area contributed by atoms with Gasteiger partial charge in [0.1, 0.15) is 11.5 Å². The van der Waals surface area contributed by atoms with E-state index in [0.29, 0.717) is 5.75 Å². The summed E-state index contributed by atoms with van der Waals surface area (Å²) in [6.07, 6.45) is 3.34. The molecule has 0 aromatic heterocycles. The normalized spacial score (nSPS) is 10.6. The largest absolute Gasteiger partial charge is 0.508 e. The van der Waals surface area contributed by atoms with Crippen LogP contribution in [-0.2, 0) is 0 Å². The third-order valence-corrected chi connectivity index (χ3v) is 1.62. The third kappa shape index (κ3) is 2.49. The Morgan fingerprint density at radius 1 is 1.46 bits per heavy atom. The summed E-state index contributed by atoms with van der Waals surface area (Å²) in [6, 6.07) is 4.82. The lowest BCUT2D eigenvalue weighted by atomic mass is 10.2. The molecule has 0 aliphatic rings. The molecule has 0 amide bonds. The van der Waals surface area contributed by atoms with Gasteiger partial charge in [0.15, 0.2) is 0 Å². The molecule has 0 heterocycles. The number of aliphatic hydroxyl groups excluding tert-OH is 1. The Balaban J connectivity index is 2.99. The van der Waals surface area contributed by atoms with Crippen LogP contribution in [0.2, 0.25) is 0 Å². The van der Waals surface area contributed by atoms with Crippen LogP contribution in [-0.4, -0.2) is 23.9 Å². The Morgan fingerprint density at radius 2 is 2.23 bits per heavy atom. The van der Waals surface area contributed by atoms with Crippen LogP contribution in [0.25, 0.3) is 6.08 Å². The van der Waals surface area contributed by atoms with Gasteiger partial charge in [-0.2, -0.15) is 0 Å². The summed E-state index contributed by atoms with van der Waals surface area (Å²) in [5, 5.41) is 17.7. The van der Waals surface area contributed by atoms with Gasteiger partial charge < -0.3 is 14.9 Å². The third-order valence-electron chi connectivity index (χ3n) is 1.62. The molecule has 3 heteroatoms. The van der Waals surface area contributed by atoms with Crippen molar-refractivity contribution in [1.29, 1.82) is 0 Å². The monoisotopic (exact) mass is 180 g/mol. The first-order chi connectivity index (χ1) is 6.27. The minimum absolute atomic E-state index is 0.00989. The summed E-state index contributed by atoms with van der Waals surface area (Å²) in [5.41, 5.74) is 0.828. The quantitative estimate of drug-likeness (QED) is 0.739. The molecule has 2 N–H and O–H groups in total. The van der Waals surface area contributed by atoms with Crippen LogP contribution in [0, 0.1) is 0 Å². The number of phenols is 1. The fourth-order valence-electron chi connectivity index (χ4n) is 1.02. The zero-order valence-corrected chi connectivity index (χ0v) is 7.40. The number of methoxy groups -OCH3 is 1. The van der Waals surface area contributed by atoms with Crippen LogP contribution in [0.3, 0.4) is 0 Å². The number of hydrogen-bond acceptors (Lipinski definition) is 3. The van der Waals surface area contributed by atoms with E-state index in [1.165, 1.54) is 13.2 Å². The standard InChI is InChI=1S/C10H12O3/c1-13-10-7-9(12)5-4-8(10)3-2-6-11/h2-5,7,11-12H,6H2,1H3/b3-2+. The van der Waals surface area contributed by atoms with E-state index in [2.05, 4.69) is 0 Å². The molecular weight excluding hydrogens is 168 g/mol. The molecule has 0 aliphatic heterocycles. The molecule has 70 valence electrons. The number of hydrogen-bond donors (Lipinski definition) is 2. The first kappa shape index (κ1) is 9.61. The zero-order chi connectivity index (χ0) is 9.68. The second kappa shape index (κ2) is 4.52. The van der Waals surface area contributed by atoms with Gasteiger partial charge in [0.2, 0.25) is 0 Å². The molecule has 3 nitrogen and oxygen atoms in total. The van der Waals surface area contributed by atoms with Crippen molar-refractivity contribution in [3.05, 3.63) is 29.8 Å². The first-order valence-electron chi connectivity index (χ1n) is 3.92. The Hall–Kier alpha value is -1.48. The van der Waals surface area contributed by atoms with E-state index in [1.807, 2.05) is 0 Å². The Bertz CT molecular complexity index is 305. The Labute approximate surface area is 76.9 Å². The summed E-state index contributed by atoms with van der Waals surface area (Å²) in [6.45, 7) is -0.00989. The van der Waals surface area contributed by atoms with Crippen LogP contribution in [0.15, 0.2) is 24.3 Å². The van der Waals surface area contributed by atoms with Crippen LogP contribution >= 0.6 is 0 Å². The molecule has 0 bridgehead atoms. The van der Waals surface area contributed by atoms with E-state index in [-0.39, 0.29) is 12.4 Å².